The second-order valence-corrected chi connectivity index (χ2v) is 5.35. The number of halogens is 1. The number of nitrogens with zero attached hydrogens (tertiary/aromatic N) is 1. The molecule has 0 saturated carbocycles. The summed E-state index contributed by atoms with van der Waals surface area (Å²) in [6, 6.07) is 5.72. The third-order valence-corrected chi connectivity index (χ3v) is 2.93. The summed E-state index contributed by atoms with van der Waals surface area (Å²) in [6.45, 7) is 7.59. The summed E-state index contributed by atoms with van der Waals surface area (Å²) in [4.78, 5) is 12.8. The lowest BCUT2D eigenvalue weighted by Crippen LogP contribution is -2.30. The minimum Gasteiger partial charge on any atom is -0.481 e. The van der Waals surface area contributed by atoms with Gasteiger partial charge in [-0.3, -0.25) is 4.79 Å². The maximum Gasteiger partial charge on any atom is 0.305 e. The minimum absolute atomic E-state index is 0.138. The number of aliphatic carboxylic acids is 1. The van der Waals surface area contributed by atoms with Crippen LogP contribution in [0.4, 0.5) is 5.69 Å². The van der Waals surface area contributed by atoms with Gasteiger partial charge in [0.2, 0.25) is 0 Å². The molecule has 0 radical (unpaired) electrons. The normalized spacial score (nSPS) is 10.7. The Morgan fingerprint density at radius 3 is 2.67 bits per heavy atom. The highest BCUT2D eigenvalue weighted by Crippen LogP contribution is 2.25. The first-order valence-corrected chi connectivity index (χ1v) is 6.51. The van der Waals surface area contributed by atoms with Crippen LogP contribution in [-0.4, -0.2) is 24.2 Å². The molecule has 0 atom stereocenters. The number of carboxylic acids is 1. The number of hydrogen-bond acceptors (Lipinski definition) is 2. The fourth-order valence-electron chi connectivity index (χ4n) is 1.90. The van der Waals surface area contributed by atoms with Crippen LogP contribution in [0, 0.1) is 12.8 Å². The zero-order valence-corrected chi connectivity index (χ0v) is 11.9. The van der Waals surface area contributed by atoms with Gasteiger partial charge in [0.25, 0.3) is 0 Å². The summed E-state index contributed by atoms with van der Waals surface area (Å²) in [5.41, 5.74) is 2.14. The predicted octanol–water partition coefficient (Wildman–Crippen LogP) is 3.59. The number of benzene rings is 1. The molecule has 18 heavy (non-hydrogen) atoms. The van der Waals surface area contributed by atoms with Crippen molar-refractivity contribution in [3.8, 4) is 0 Å². The molecule has 0 aliphatic rings. The summed E-state index contributed by atoms with van der Waals surface area (Å²) < 4.78 is 0. The lowest BCUT2D eigenvalue weighted by molar-refractivity contribution is -0.136. The van der Waals surface area contributed by atoms with E-state index in [1.807, 2.05) is 25.1 Å². The van der Waals surface area contributed by atoms with Gasteiger partial charge in [-0.2, -0.15) is 0 Å². The first kappa shape index (κ1) is 14.8. The van der Waals surface area contributed by atoms with E-state index in [-0.39, 0.29) is 6.42 Å². The van der Waals surface area contributed by atoms with Crippen molar-refractivity contribution in [2.75, 3.05) is 18.0 Å². The highest BCUT2D eigenvalue weighted by atomic mass is 35.5. The zero-order valence-electron chi connectivity index (χ0n) is 11.1. The van der Waals surface area contributed by atoms with Crippen LogP contribution in [-0.2, 0) is 4.79 Å². The number of hydrogen-bond donors (Lipinski definition) is 1. The maximum absolute atomic E-state index is 10.7. The summed E-state index contributed by atoms with van der Waals surface area (Å²) in [7, 11) is 0. The van der Waals surface area contributed by atoms with Gasteiger partial charge >= 0.3 is 5.97 Å². The molecule has 100 valence electrons. The van der Waals surface area contributed by atoms with Crippen molar-refractivity contribution < 1.29 is 9.90 Å². The molecule has 0 bridgehead atoms. The number of carbonyl (C=O) groups is 1. The highest BCUT2D eigenvalue weighted by Gasteiger charge is 2.13. The van der Waals surface area contributed by atoms with Crippen LogP contribution in [0.25, 0.3) is 0 Å². The molecule has 0 aromatic heterocycles. The SMILES string of the molecule is Cc1ccc(Cl)cc1N(CCC(=O)O)CC(C)C. The van der Waals surface area contributed by atoms with Gasteiger partial charge in [-0.05, 0) is 30.5 Å². The average molecular weight is 270 g/mol. The first-order valence-electron chi connectivity index (χ1n) is 6.13. The molecule has 0 saturated heterocycles. The molecule has 0 spiro atoms. The van der Waals surface area contributed by atoms with E-state index in [1.165, 1.54) is 0 Å². The van der Waals surface area contributed by atoms with E-state index in [0.717, 1.165) is 17.8 Å². The van der Waals surface area contributed by atoms with Gasteiger partial charge in [-0.1, -0.05) is 31.5 Å². The van der Waals surface area contributed by atoms with Crippen molar-refractivity contribution in [3.63, 3.8) is 0 Å². The van der Waals surface area contributed by atoms with Gasteiger partial charge in [-0.25, -0.2) is 0 Å². The quantitative estimate of drug-likeness (QED) is 0.858. The van der Waals surface area contributed by atoms with E-state index in [9.17, 15) is 4.79 Å². The largest absolute Gasteiger partial charge is 0.481 e. The zero-order chi connectivity index (χ0) is 13.7. The van der Waals surface area contributed by atoms with Gasteiger partial charge in [0.1, 0.15) is 0 Å². The van der Waals surface area contributed by atoms with Crippen LogP contribution >= 0.6 is 11.6 Å². The van der Waals surface area contributed by atoms with Crippen LogP contribution in [0.2, 0.25) is 5.02 Å². The molecule has 0 unspecified atom stereocenters. The molecule has 0 aliphatic heterocycles. The third-order valence-electron chi connectivity index (χ3n) is 2.69. The Balaban J connectivity index is 2.92. The Bertz CT molecular complexity index is 418. The van der Waals surface area contributed by atoms with E-state index in [4.69, 9.17) is 16.7 Å². The summed E-state index contributed by atoms with van der Waals surface area (Å²) in [5.74, 6) is -0.305. The number of aryl methyl sites for hydroxylation is 1. The van der Waals surface area contributed by atoms with Crippen LogP contribution in [0.15, 0.2) is 18.2 Å². The van der Waals surface area contributed by atoms with Gasteiger partial charge in [0.15, 0.2) is 0 Å². The Hall–Kier alpha value is -1.22. The fraction of sp³-hybridized carbons (Fsp3) is 0.500. The van der Waals surface area contributed by atoms with Crippen LogP contribution < -0.4 is 4.90 Å². The molecule has 1 aromatic rings. The van der Waals surface area contributed by atoms with E-state index >= 15 is 0 Å². The third kappa shape index (κ3) is 4.57. The Morgan fingerprint density at radius 2 is 2.11 bits per heavy atom. The number of rotatable bonds is 6. The fourth-order valence-corrected chi connectivity index (χ4v) is 2.07. The second kappa shape index (κ2) is 6.64. The van der Waals surface area contributed by atoms with Crippen molar-refractivity contribution in [2.45, 2.75) is 27.2 Å². The Labute approximate surface area is 113 Å². The van der Waals surface area contributed by atoms with Crippen LogP contribution in [0.1, 0.15) is 25.8 Å². The Morgan fingerprint density at radius 1 is 1.44 bits per heavy atom. The summed E-state index contributed by atoms with van der Waals surface area (Å²) in [6.07, 6.45) is 0.138. The van der Waals surface area contributed by atoms with E-state index < -0.39 is 5.97 Å². The monoisotopic (exact) mass is 269 g/mol. The second-order valence-electron chi connectivity index (χ2n) is 4.91. The molecule has 0 amide bonds. The molecule has 3 nitrogen and oxygen atoms in total. The smallest absolute Gasteiger partial charge is 0.305 e. The summed E-state index contributed by atoms with van der Waals surface area (Å²) in [5, 5.41) is 9.49. The van der Waals surface area contributed by atoms with Crippen molar-refractivity contribution in [3.05, 3.63) is 28.8 Å². The van der Waals surface area contributed by atoms with E-state index in [0.29, 0.717) is 17.5 Å². The van der Waals surface area contributed by atoms with Crippen molar-refractivity contribution in [1.29, 1.82) is 0 Å². The molecule has 0 aliphatic carbocycles. The summed E-state index contributed by atoms with van der Waals surface area (Å²) >= 11 is 6.02. The Kier molecular flexibility index (Phi) is 5.48. The molecule has 1 rings (SSSR count). The van der Waals surface area contributed by atoms with Gasteiger partial charge < -0.3 is 10.0 Å². The van der Waals surface area contributed by atoms with Crippen LogP contribution in [0.3, 0.4) is 0 Å². The van der Waals surface area contributed by atoms with Gasteiger partial charge in [0.05, 0.1) is 6.42 Å². The standard InChI is InChI=1S/C14H20ClNO2/c1-10(2)9-16(7-6-14(17)18)13-8-12(15)5-4-11(13)3/h4-5,8,10H,6-7,9H2,1-3H3,(H,17,18). The molecular formula is C14H20ClNO2. The molecule has 1 N–H and O–H groups in total. The van der Waals surface area contributed by atoms with E-state index in [2.05, 4.69) is 18.7 Å². The predicted molar refractivity (Wildman–Crippen MR) is 75.5 cm³/mol. The van der Waals surface area contributed by atoms with Crippen molar-refractivity contribution in [1.82, 2.24) is 0 Å². The molecule has 0 fully saturated rings. The molecule has 0 heterocycles. The first-order chi connectivity index (χ1) is 8.40. The molecule has 4 heteroatoms. The molecule has 1 aromatic carbocycles. The highest BCUT2D eigenvalue weighted by molar-refractivity contribution is 6.30. The number of anilines is 1. The van der Waals surface area contributed by atoms with E-state index in [1.54, 1.807) is 0 Å². The van der Waals surface area contributed by atoms with Crippen molar-refractivity contribution >= 4 is 23.3 Å². The van der Waals surface area contributed by atoms with Crippen molar-refractivity contribution in [2.24, 2.45) is 5.92 Å². The van der Waals surface area contributed by atoms with Crippen LogP contribution in [0.5, 0.6) is 0 Å². The van der Waals surface area contributed by atoms with Gasteiger partial charge in [0, 0.05) is 23.8 Å². The van der Waals surface area contributed by atoms with Gasteiger partial charge in [-0.15, -0.1) is 0 Å². The lowest BCUT2D eigenvalue weighted by atomic mass is 10.1. The topological polar surface area (TPSA) is 40.5 Å². The lowest BCUT2D eigenvalue weighted by Gasteiger charge is -2.28. The average Bonchev–Trinajstić information content (AvgIpc) is 2.27. The minimum atomic E-state index is -0.775. The number of carboxylic acid groups (broad SMARTS) is 1. The molecular weight excluding hydrogens is 250 g/mol. The maximum atomic E-state index is 10.7.